The second kappa shape index (κ2) is 5.93. The molecule has 0 radical (unpaired) electrons. The van der Waals surface area contributed by atoms with Gasteiger partial charge in [-0.25, -0.2) is 0 Å². The molecular formula is C14H13BrN2O2S. The molecule has 0 atom stereocenters. The molecule has 0 amide bonds. The lowest BCUT2D eigenvalue weighted by molar-refractivity contribution is 0.297. The van der Waals surface area contributed by atoms with Gasteiger partial charge in [-0.05, 0) is 34.1 Å². The molecule has 1 aromatic carbocycles. The van der Waals surface area contributed by atoms with E-state index >= 15 is 0 Å². The summed E-state index contributed by atoms with van der Waals surface area (Å²) in [5, 5.41) is 0. The van der Waals surface area contributed by atoms with Crippen molar-refractivity contribution in [1.29, 1.82) is 0 Å². The fourth-order valence-electron chi connectivity index (χ4n) is 1.87. The summed E-state index contributed by atoms with van der Waals surface area (Å²) in [6.45, 7) is 1.38. The molecule has 0 unspecified atom stereocenters. The van der Waals surface area contributed by atoms with Crippen LogP contribution in [0, 0.1) is 0 Å². The highest BCUT2D eigenvalue weighted by molar-refractivity contribution is 9.10. The molecule has 4 nitrogen and oxygen atoms in total. The van der Waals surface area contributed by atoms with Crippen molar-refractivity contribution >= 4 is 33.4 Å². The summed E-state index contributed by atoms with van der Waals surface area (Å²) in [6.07, 6.45) is 4.29. The number of rotatable bonds is 2. The largest absolute Gasteiger partial charge is 0.490 e. The Hall–Kier alpha value is -1.40. The molecule has 0 saturated carbocycles. The van der Waals surface area contributed by atoms with Gasteiger partial charge in [0.25, 0.3) is 0 Å². The Morgan fingerprint density at radius 1 is 1.15 bits per heavy atom. The lowest BCUT2D eigenvalue weighted by atomic mass is 10.3. The maximum atomic E-state index is 5.96. The molecule has 2 heterocycles. The van der Waals surface area contributed by atoms with Gasteiger partial charge in [-0.1, -0.05) is 11.8 Å². The average molecular weight is 353 g/mol. The van der Waals surface area contributed by atoms with Gasteiger partial charge in [-0.15, -0.1) is 0 Å². The monoisotopic (exact) mass is 352 g/mol. The van der Waals surface area contributed by atoms with Crippen molar-refractivity contribution in [3.63, 3.8) is 0 Å². The molecule has 104 valence electrons. The Balaban J connectivity index is 1.90. The second-order valence-corrected chi connectivity index (χ2v) is 6.24. The topological polar surface area (TPSA) is 57.4 Å². The zero-order valence-electron chi connectivity index (χ0n) is 10.6. The van der Waals surface area contributed by atoms with Gasteiger partial charge in [0.2, 0.25) is 0 Å². The van der Waals surface area contributed by atoms with Crippen LogP contribution in [-0.2, 0) is 0 Å². The van der Waals surface area contributed by atoms with Gasteiger partial charge in [-0.2, -0.15) is 0 Å². The maximum Gasteiger partial charge on any atom is 0.162 e. The van der Waals surface area contributed by atoms with Crippen molar-refractivity contribution in [2.24, 2.45) is 0 Å². The first kappa shape index (κ1) is 13.6. The van der Waals surface area contributed by atoms with Crippen LogP contribution in [0.1, 0.15) is 6.42 Å². The summed E-state index contributed by atoms with van der Waals surface area (Å²) >= 11 is 5.05. The molecule has 0 spiro atoms. The molecule has 1 aliphatic rings. The normalized spacial score (nSPS) is 13.8. The number of hydrogen-bond acceptors (Lipinski definition) is 5. The number of nitrogens with two attached hydrogens (primary N) is 1. The molecule has 1 aromatic heterocycles. The van der Waals surface area contributed by atoms with Crippen molar-refractivity contribution in [2.75, 3.05) is 18.9 Å². The van der Waals surface area contributed by atoms with Crippen LogP contribution in [0.4, 0.5) is 5.69 Å². The molecule has 3 rings (SSSR count). The van der Waals surface area contributed by atoms with Crippen molar-refractivity contribution in [1.82, 2.24) is 4.98 Å². The highest BCUT2D eigenvalue weighted by atomic mass is 79.9. The van der Waals surface area contributed by atoms with E-state index in [1.54, 1.807) is 24.2 Å². The minimum Gasteiger partial charge on any atom is -0.490 e. The van der Waals surface area contributed by atoms with E-state index in [4.69, 9.17) is 15.2 Å². The highest BCUT2D eigenvalue weighted by Crippen LogP contribution is 2.40. The number of hydrogen-bond donors (Lipinski definition) is 1. The summed E-state index contributed by atoms with van der Waals surface area (Å²) in [4.78, 5) is 6.04. The number of pyridine rings is 1. The Morgan fingerprint density at radius 3 is 2.75 bits per heavy atom. The summed E-state index contributed by atoms with van der Waals surface area (Å²) in [5.41, 5.74) is 6.61. The SMILES string of the molecule is Nc1cncc(Br)c1Sc1ccc2c(c1)OCCCO2. The summed E-state index contributed by atoms with van der Waals surface area (Å²) in [6, 6.07) is 5.93. The van der Waals surface area contributed by atoms with E-state index in [1.165, 1.54) is 0 Å². The van der Waals surface area contributed by atoms with Gasteiger partial charge in [0.05, 0.1) is 34.5 Å². The number of ether oxygens (including phenoxy) is 2. The molecule has 20 heavy (non-hydrogen) atoms. The fourth-order valence-corrected chi connectivity index (χ4v) is 3.32. The van der Waals surface area contributed by atoms with Gasteiger partial charge < -0.3 is 15.2 Å². The van der Waals surface area contributed by atoms with E-state index in [2.05, 4.69) is 20.9 Å². The van der Waals surface area contributed by atoms with Gasteiger partial charge in [0.15, 0.2) is 11.5 Å². The molecular weight excluding hydrogens is 340 g/mol. The molecule has 0 aliphatic carbocycles. The number of nitrogens with zero attached hydrogens (tertiary/aromatic N) is 1. The van der Waals surface area contributed by atoms with E-state index in [9.17, 15) is 0 Å². The van der Waals surface area contributed by atoms with Crippen molar-refractivity contribution in [3.05, 3.63) is 35.1 Å². The third-order valence-corrected chi connectivity index (χ3v) is 4.83. The second-order valence-electron chi connectivity index (χ2n) is 4.30. The summed E-state index contributed by atoms with van der Waals surface area (Å²) in [5.74, 6) is 1.59. The number of anilines is 1. The summed E-state index contributed by atoms with van der Waals surface area (Å²) in [7, 11) is 0. The molecule has 1 aliphatic heterocycles. The minimum atomic E-state index is 0.650. The third kappa shape index (κ3) is 2.86. The van der Waals surface area contributed by atoms with Crippen LogP contribution >= 0.6 is 27.7 Å². The Bertz CT molecular complexity index is 616. The first-order valence-corrected chi connectivity index (χ1v) is 7.81. The fraction of sp³-hybridized carbons (Fsp3) is 0.214. The Labute approximate surface area is 129 Å². The van der Waals surface area contributed by atoms with Gasteiger partial charge in [0.1, 0.15) is 0 Å². The van der Waals surface area contributed by atoms with Crippen LogP contribution in [-0.4, -0.2) is 18.2 Å². The number of aromatic nitrogens is 1. The van der Waals surface area contributed by atoms with Gasteiger partial charge in [0, 0.05) is 17.5 Å². The third-order valence-electron chi connectivity index (χ3n) is 2.82. The first-order chi connectivity index (χ1) is 9.74. The molecule has 0 bridgehead atoms. The van der Waals surface area contributed by atoms with Gasteiger partial charge >= 0.3 is 0 Å². The molecule has 0 saturated heterocycles. The lowest BCUT2D eigenvalue weighted by Gasteiger charge is -2.10. The van der Waals surface area contributed by atoms with E-state index in [0.717, 1.165) is 32.2 Å². The van der Waals surface area contributed by atoms with Gasteiger partial charge in [-0.3, -0.25) is 4.98 Å². The van der Waals surface area contributed by atoms with E-state index in [-0.39, 0.29) is 0 Å². The van der Waals surface area contributed by atoms with Crippen LogP contribution in [0.15, 0.2) is 44.9 Å². The standard InChI is InChI=1S/C14H13BrN2O2S/c15-10-7-17-8-11(16)14(10)20-9-2-3-12-13(6-9)19-5-1-4-18-12/h2-3,6-8H,1,4-5,16H2. The van der Waals surface area contributed by atoms with Crippen LogP contribution in [0.5, 0.6) is 11.5 Å². The quantitative estimate of drug-likeness (QED) is 0.891. The molecule has 0 fully saturated rings. The zero-order valence-corrected chi connectivity index (χ0v) is 13.0. The Morgan fingerprint density at radius 2 is 1.95 bits per heavy atom. The van der Waals surface area contributed by atoms with Crippen LogP contribution in [0.25, 0.3) is 0 Å². The number of nitrogen functional groups attached to an aromatic ring is 1. The number of fused-ring (bicyclic) bond motifs is 1. The van der Waals surface area contributed by atoms with Crippen molar-refractivity contribution in [3.8, 4) is 11.5 Å². The van der Waals surface area contributed by atoms with Crippen LogP contribution in [0.3, 0.4) is 0 Å². The first-order valence-electron chi connectivity index (χ1n) is 6.20. The van der Waals surface area contributed by atoms with Crippen molar-refractivity contribution in [2.45, 2.75) is 16.2 Å². The zero-order chi connectivity index (χ0) is 13.9. The maximum absolute atomic E-state index is 5.96. The van der Waals surface area contributed by atoms with E-state index in [1.807, 2.05) is 18.2 Å². The summed E-state index contributed by atoms with van der Waals surface area (Å²) < 4.78 is 12.2. The minimum absolute atomic E-state index is 0.650. The average Bonchev–Trinajstić information content (AvgIpc) is 2.68. The van der Waals surface area contributed by atoms with E-state index in [0.29, 0.717) is 18.9 Å². The van der Waals surface area contributed by atoms with Crippen LogP contribution in [0.2, 0.25) is 0 Å². The lowest BCUT2D eigenvalue weighted by Crippen LogP contribution is -1.97. The molecule has 6 heteroatoms. The molecule has 2 aromatic rings. The number of benzene rings is 1. The highest BCUT2D eigenvalue weighted by Gasteiger charge is 2.13. The van der Waals surface area contributed by atoms with E-state index < -0.39 is 0 Å². The Kier molecular flexibility index (Phi) is 4.03. The smallest absolute Gasteiger partial charge is 0.162 e. The predicted octanol–water partition coefficient (Wildman–Crippen LogP) is 3.74. The van der Waals surface area contributed by atoms with Crippen molar-refractivity contribution < 1.29 is 9.47 Å². The van der Waals surface area contributed by atoms with Crippen LogP contribution < -0.4 is 15.2 Å². The molecule has 2 N–H and O–H groups in total. The number of halogens is 1. The predicted molar refractivity (Wildman–Crippen MR) is 82.5 cm³/mol.